The summed E-state index contributed by atoms with van der Waals surface area (Å²) < 4.78 is 27.5. The average molecular weight is 353 g/mol. The number of nitrogens with zero attached hydrogens (tertiary/aromatic N) is 1. The summed E-state index contributed by atoms with van der Waals surface area (Å²) in [4.78, 5) is 13.6. The van der Waals surface area contributed by atoms with Crippen LogP contribution >= 0.6 is 0 Å². The van der Waals surface area contributed by atoms with Crippen LogP contribution in [0.1, 0.15) is 33.6 Å². The maximum atomic E-state index is 12.4. The molecule has 1 fully saturated rings. The Bertz CT molecular complexity index is 648. The molecular weight excluding hydrogens is 326 g/mol. The van der Waals surface area contributed by atoms with Gasteiger partial charge in [-0.25, -0.2) is 13.1 Å². The van der Waals surface area contributed by atoms with Crippen LogP contribution in [0.15, 0.2) is 29.2 Å². The molecule has 24 heavy (non-hydrogen) atoms. The first kappa shape index (κ1) is 18.9. The molecule has 0 bridgehead atoms. The summed E-state index contributed by atoms with van der Waals surface area (Å²) >= 11 is 0. The van der Waals surface area contributed by atoms with Crippen LogP contribution in [-0.2, 0) is 14.8 Å². The summed E-state index contributed by atoms with van der Waals surface area (Å²) in [6.07, 6.45) is 2.03. The largest absolute Gasteiger partial charge is 0.326 e. The molecule has 0 spiro atoms. The van der Waals surface area contributed by atoms with Gasteiger partial charge in [0.25, 0.3) is 0 Å². The van der Waals surface area contributed by atoms with E-state index < -0.39 is 10.0 Å². The van der Waals surface area contributed by atoms with Gasteiger partial charge in [-0.2, -0.15) is 0 Å². The predicted molar refractivity (Wildman–Crippen MR) is 95.4 cm³/mol. The number of anilines is 1. The fraction of sp³-hybridized carbons (Fsp3) is 0.588. The highest BCUT2D eigenvalue weighted by molar-refractivity contribution is 7.89. The highest BCUT2D eigenvalue weighted by Crippen LogP contribution is 2.19. The number of likely N-dealkylation sites (tertiary alicyclic amines) is 1. The van der Waals surface area contributed by atoms with Crippen molar-refractivity contribution in [3.63, 3.8) is 0 Å². The Morgan fingerprint density at radius 3 is 2.29 bits per heavy atom. The van der Waals surface area contributed by atoms with Gasteiger partial charge in [-0.1, -0.05) is 0 Å². The fourth-order valence-corrected chi connectivity index (χ4v) is 4.02. The summed E-state index contributed by atoms with van der Waals surface area (Å²) in [5.41, 5.74) is 0.586. The van der Waals surface area contributed by atoms with Crippen LogP contribution in [0.25, 0.3) is 0 Å². The van der Waals surface area contributed by atoms with Gasteiger partial charge in [-0.3, -0.25) is 4.79 Å². The van der Waals surface area contributed by atoms with E-state index >= 15 is 0 Å². The quantitative estimate of drug-likeness (QED) is 0.820. The molecule has 1 aliphatic rings. The molecule has 1 aromatic carbocycles. The van der Waals surface area contributed by atoms with E-state index in [1.807, 2.05) is 0 Å². The van der Waals surface area contributed by atoms with Crippen molar-refractivity contribution in [2.75, 3.05) is 25.0 Å². The van der Waals surface area contributed by atoms with Crippen LogP contribution in [0.5, 0.6) is 0 Å². The number of carbonyl (C=O) groups is 1. The second kappa shape index (κ2) is 8.09. The predicted octanol–water partition coefficient (Wildman–Crippen LogP) is 2.04. The molecular formula is C17H27N3O3S. The van der Waals surface area contributed by atoms with Crippen LogP contribution in [0.3, 0.4) is 0 Å². The molecule has 0 aromatic heterocycles. The molecule has 0 aliphatic carbocycles. The van der Waals surface area contributed by atoms with Crippen molar-refractivity contribution in [1.29, 1.82) is 0 Å². The molecule has 0 atom stereocenters. The first-order valence-corrected chi connectivity index (χ1v) is 9.87. The Morgan fingerprint density at radius 2 is 1.79 bits per heavy atom. The zero-order chi connectivity index (χ0) is 17.7. The highest BCUT2D eigenvalue weighted by Gasteiger charge is 2.23. The average Bonchev–Trinajstić information content (AvgIpc) is 2.53. The smallest absolute Gasteiger partial charge is 0.240 e. The number of carbonyl (C=O) groups excluding carboxylic acids is 1. The normalized spacial score (nSPS) is 17.2. The number of hydrogen-bond donors (Lipinski definition) is 2. The van der Waals surface area contributed by atoms with Gasteiger partial charge in [0.2, 0.25) is 15.9 Å². The summed E-state index contributed by atoms with van der Waals surface area (Å²) in [6.45, 7) is 8.31. The van der Waals surface area contributed by atoms with Crippen molar-refractivity contribution in [1.82, 2.24) is 9.62 Å². The van der Waals surface area contributed by atoms with Crippen LogP contribution in [0, 0.1) is 5.92 Å². The minimum atomic E-state index is -3.51. The molecule has 1 aliphatic heterocycles. The molecule has 7 heteroatoms. The Kier molecular flexibility index (Phi) is 6.37. The number of benzene rings is 1. The maximum Gasteiger partial charge on any atom is 0.240 e. The van der Waals surface area contributed by atoms with E-state index in [4.69, 9.17) is 0 Å². The standard InChI is InChI=1S/C17H27N3O3S/c1-13(2)20-10-8-15(9-11-20)12-18-24(22,23)17-6-4-16(5-7-17)19-14(3)21/h4-7,13,15,18H,8-12H2,1-3H3,(H,19,21). The molecule has 0 unspecified atom stereocenters. The second-order valence-corrected chi connectivity index (χ2v) is 8.40. The van der Waals surface area contributed by atoms with Gasteiger partial charge in [0.1, 0.15) is 0 Å². The Labute approximate surface area is 144 Å². The van der Waals surface area contributed by atoms with Crippen LogP contribution in [-0.4, -0.2) is 44.9 Å². The molecule has 1 heterocycles. The summed E-state index contributed by atoms with van der Waals surface area (Å²) in [5.74, 6) is 0.199. The molecule has 1 amide bonds. The Hall–Kier alpha value is -1.44. The minimum absolute atomic E-state index is 0.184. The highest BCUT2D eigenvalue weighted by atomic mass is 32.2. The van der Waals surface area contributed by atoms with E-state index in [1.165, 1.54) is 19.1 Å². The number of nitrogens with one attached hydrogen (secondary N) is 2. The lowest BCUT2D eigenvalue weighted by Gasteiger charge is -2.34. The van der Waals surface area contributed by atoms with Crippen LogP contribution < -0.4 is 10.0 Å². The van der Waals surface area contributed by atoms with E-state index in [1.54, 1.807) is 12.1 Å². The van der Waals surface area contributed by atoms with Gasteiger partial charge >= 0.3 is 0 Å². The van der Waals surface area contributed by atoms with E-state index in [2.05, 4.69) is 28.8 Å². The summed E-state index contributed by atoms with van der Waals surface area (Å²) in [6, 6.07) is 6.75. The number of rotatable bonds is 6. The van der Waals surface area contributed by atoms with Gasteiger partial charge in [-0.05, 0) is 70.0 Å². The molecule has 1 saturated heterocycles. The van der Waals surface area contributed by atoms with Crippen molar-refractivity contribution < 1.29 is 13.2 Å². The van der Waals surface area contributed by atoms with E-state index in [0.29, 0.717) is 24.2 Å². The second-order valence-electron chi connectivity index (χ2n) is 6.63. The molecule has 134 valence electrons. The zero-order valence-electron chi connectivity index (χ0n) is 14.6. The van der Waals surface area contributed by atoms with Crippen molar-refractivity contribution in [3.8, 4) is 0 Å². The number of sulfonamides is 1. The molecule has 0 radical (unpaired) electrons. The zero-order valence-corrected chi connectivity index (χ0v) is 15.4. The number of amides is 1. The first-order chi connectivity index (χ1) is 11.3. The monoisotopic (exact) mass is 353 g/mol. The van der Waals surface area contributed by atoms with Crippen LogP contribution in [0.2, 0.25) is 0 Å². The van der Waals surface area contributed by atoms with Gasteiger partial charge in [0, 0.05) is 25.2 Å². The maximum absolute atomic E-state index is 12.4. The van der Waals surface area contributed by atoms with Crippen molar-refractivity contribution in [3.05, 3.63) is 24.3 Å². The van der Waals surface area contributed by atoms with Gasteiger partial charge in [0.05, 0.1) is 4.90 Å². The van der Waals surface area contributed by atoms with Crippen molar-refractivity contribution in [2.24, 2.45) is 5.92 Å². The Morgan fingerprint density at radius 1 is 1.21 bits per heavy atom. The third-order valence-electron chi connectivity index (χ3n) is 4.43. The minimum Gasteiger partial charge on any atom is -0.326 e. The molecule has 0 saturated carbocycles. The Balaban J connectivity index is 1.88. The molecule has 6 nitrogen and oxygen atoms in total. The van der Waals surface area contributed by atoms with Crippen molar-refractivity contribution >= 4 is 21.6 Å². The molecule has 1 aromatic rings. The van der Waals surface area contributed by atoms with Gasteiger partial charge in [-0.15, -0.1) is 0 Å². The molecule has 2 N–H and O–H groups in total. The topological polar surface area (TPSA) is 78.5 Å². The third-order valence-corrected chi connectivity index (χ3v) is 5.87. The fourth-order valence-electron chi connectivity index (χ4n) is 2.91. The lowest BCUT2D eigenvalue weighted by molar-refractivity contribution is -0.114. The van der Waals surface area contributed by atoms with Crippen molar-refractivity contribution in [2.45, 2.75) is 44.6 Å². The number of piperidine rings is 1. The lowest BCUT2D eigenvalue weighted by Crippen LogP contribution is -2.41. The first-order valence-electron chi connectivity index (χ1n) is 8.39. The lowest BCUT2D eigenvalue weighted by atomic mass is 9.96. The third kappa shape index (κ3) is 5.29. The SMILES string of the molecule is CC(=O)Nc1ccc(S(=O)(=O)NCC2CCN(C(C)C)CC2)cc1. The number of hydrogen-bond acceptors (Lipinski definition) is 4. The van der Waals surface area contributed by atoms with Gasteiger partial charge in [0.15, 0.2) is 0 Å². The van der Waals surface area contributed by atoms with E-state index in [9.17, 15) is 13.2 Å². The summed E-state index contributed by atoms with van der Waals surface area (Å²) in [5, 5.41) is 2.62. The van der Waals surface area contributed by atoms with E-state index in [0.717, 1.165) is 25.9 Å². The van der Waals surface area contributed by atoms with Gasteiger partial charge < -0.3 is 10.2 Å². The summed E-state index contributed by atoms with van der Waals surface area (Å²) in [7, 11) is -3.51. The molecule has 2 rings (SSSR count). The van der Waals surface area contributed by atoms with Crippen LogP contribution in [0.4, 0.5) is 5.69 Å². The van der Waals surface area contributed by atoms with E-state index in [-0.39, 0.29) is 10.8 Å².